The van der Waals surface area contributed by atoms with Gasteiger partial charge in [0.05, 0.1) is 12.7 Å². The van der Waals surface area contributed by atoms with Crippen molar-refractivity contribution in [2.24, 2.45) is 0 Å². The van der Waals surface area contributed by atoms with Gasteiger partial charge in [0.25, 0.3) is 0 Å². The summed E-state index contributed by atoms with van der Waals surface area (Å²) in [7, 11) is 1.29. The molecule has 1 amide bonds. The quantitative estimate of drug-likeness (QED) is 0.786. The lowest BCUT2D eigenvalue weighted by molar-refractivity contribution is -0.137. The number of nitrogens with zero attached hydrogens (tertiary/aromatic N) is 1. The third kappa shape index (κ3) is 8.77. The van der Waals surface area contributed by atoms with Crippen LogP contribution in [-0.4, -0.2) is 37.7 Å². The zero-order valence-corrected chi connectivity index (χ0v) is 15.6. The van der Waals surface area contributed by atoms with E-state index in [4.69, 9.17) is 0 Å². The fourth-order valence-electron chi connectivity index (χ4n) is 2.16. The maximum Gasteiger partial charge on any atom is 0.416 e. The van der Waals surface area contributed by atoms with Crippen LogP contribution in [0.3, 0.4) is 0 Å². The molecule has 7 heteroatoms. The van der Waals surface area contributed by atoms with Crippen LogP contribution < -0.4 is 5.32 Å². The van der Waals surface area contributed by atoms with Gasteiger partial charge in [-0.05, 0) is 31.2 Å². The van der Waals surface area contributed by atoms with Gasteiger partial charge in [-0.15, -0.1) is 0 Å². The first-order valence-corrected chi connectivity index (χ1v) is 8.44. The maximum atomic E-state index is 12.6. The van der Waals surface area contributed by atoms with Gasteiger partial charge >= 0.3 is 12.3 Å². The second kappa shape index (κ2) is 11.7. The van der Waals surface area contributed by atoms with Gasteiger partial charge in [0.2, 0.25) is 0 Å². The summed E-state index contributed by atoms with van der Waals surface area (Å²) in [5.41, 5.74) is 0.145. The van der Waals surface area contributed by atoms with Crippen LogP contribution in [0.15, 0.2) is 24.3 Å². The molecule has 0 saturated heterocycles. The number of rotatable bonds is 6. The Kier molecular flexibility index (Phi) is 10.9. The maximum absolute atomic E-state index is 12.6. The van der Waals surface area contributed by atoms with Crippen molar-refractivity contribution in [1.29, 1.82) is 0 Å². The van der Waals surface area contributed by atoms with E-state index in [1.54, 1.807) is 0 Å². The summed E-state index contributed by atoms with van der Waals surface area (Å²) in [6.45, 7) is 9.83. The molecule has 1 atom stereocenters. The molecule has 0 aliphatic carbocycles. The Bertz CT molecular complexity index is 490. The van der Waals surface area contributed by atoms with Gasteiger partial charge in [-0.1, -0.05) is 39.3 Å². The van der Waals surface area contributed by atoms with Gasteiger partial charge in [-0.3, -0.25) is 4.90 Å². The van der Waals surface area contributed by atoms with Crippen molar-refractivity contribution < 1.29 is 22.7 Å². The molecule has 144 valence electrons. The molecule has 0 spiro atoms. The second-order valence-electron chi connectivity index (χ2n) is 5.55. The highest BCUT2D eigenvalue weighted by atomic mass is 19.4. The highest BCUT2D eigenvalue weighted by Gasteiger charge is 2.30. The first-order chi connectivity index (χ1) is 11.7. The van der Waals surface area contributed by atoms with Crippen molar-refractivity contribution in [3.63, 3.8) is 0 Å². The van der Waals surface area contributed by atoms with Crippen LogP contribution in [0.25, 0.3) is 0 Å². The van der Waals surface area contributed by atoms with Crippen LogP contribution >= 0.6 is 0 Å². The summed E-state index contributed by atoms with van der Waals surface area (Å²) >= 11 is 0. The molecular weight excluding hydrogens is 333 g/mol. The SMILES string of the molecule is CCC.CCN(CCNC(=O)OC)[C@@H](C)c1ccc(C(F)(F)F)cc1. The fourth-order valence-corrected chi connectivity index (χ4v) is 2.16. The normalized spacial score (nSPS) is 12.2. The highest BCUT2D eigenvalue weighted by Crippen LogP contribution is 2.30. The van der Waals surface area contributed by atoms with Crippen molar-refractivity contribution in [2.45, 2.75) is 46.3 Å². The molecule has 0 heterocycles. The van der Waals surface area contributed by atoms with E-state index >= 15 is 0 Å². The predicted molar refractivity (Wildman–Crippen MR) is 93.5 cm³/mol. The van der Waals surface area contributed by atoms with Gasteiger partial charge in [0, 0.05) is 19.1 Å². The molecule has 4 nitrogen and oxygen atoms in total. The van der Waals surface area contributed by atoms with Gasteiger partial charge < -0.3 is 10.1 Å². The largest absolute Gasteiger partial charge is 0.453 e. The number of benzene rings is 1. The minimum Gasteiger partial charge on any atom is -0.453 e. The molecule has 0 unspecified atom stereocenters. The predicted octanol–water partition coefficient (Wildman–Crippen LogP) is 4.86. The van der Waals surface area contributed by atoms with Crippen LogP contribution in [0.2, 0.25) is 0 Å². The van der Waals surface area contributed by atoms with Crippen molar-refractivity contribution in [1.82, 2.24) is 10.2 Å². The molecule has 1 N–H and O–H groups in total. The van der Waals surface area contributed by atoms with Crippen LogP contribution in [-0.2, 0) is 10.9 Å². The summed E-state index contributed by atoms with van der Waals surface area (Å²) in [6.07, 6.45) is -3.57. The van der Waals surface area contributed by atoms with Gasteiger partial charge in [0.15, 0.2) is 0 Å². The van der Waals surface area contributed by atoms with Crippen molar-refractivity contribution in [3.8, 4) is 0 Å². The van der Waals surface area contributed by atoms with E-state index in [1.165, 1.54) is 25.7 Å². The lowest BCUT2D eigenvalue weighted by atomic mass is 10.0. The van der Waals surface area contributed by atoms with E-state index in [9.17, 15) is 18.0 Å². The summed E-state index contributed by atoms with van der Waals surface area (Å²) in [6, 6.07) is 5.11. The Labute approximate surface area is 148 Å². The van der Waals surface area contributed by atoms with Crippen LogP contribution in [0.4, 0.5) is 18.0 Å². The molecule has 0 aromatic heterocycles. The number of hydrogen-bond acceptors (Lipinski definition) is 3. The molecular formula is C18H29F3N2O2. The zero-order valence-electron chi connectivity index (χ0n) is 15.6. The van der Waals surface area contributed by atoms with Crippen molar-refractivity contribution in [3.05, 3.63) is 35.4 Å². The Morgan fingerprint density at radius 3 is 2.12 bits per heavy atom. The standard InChI is InChI=1S/C15H21F3N2O2.C3H8/c1-4-20(10-9-19-14(21)22-3)11(2)12-5-7-13(8-6-12)15(16,17)18;1-3-2/h5-8,11H,4,9-10H2,1-3H3,(H,19,21);3H2,1-2H3/t11-;/m0./s1. The number of amides is 1. The number of alkyl carbamates (subject to hydrolysis) is 1. The lowest BCUT2D eigenvalue weighted by Crippen LogP contribution is -2.36. The van der Waals surface area contributed by atoms with Crippen molar-refractivity contribution >= 4 is 6.09 Å². The van der Waals surface area contributed by atoms with E-state index in [2.05, 4.69) is 28.8 Å². The molecule has 25 heavy (non-hydrogen) atoms. The molecule has 1 rings (SSSR count). The Morgan fingerprint density at radius 1 is 1.20 bits per heavy atom. The van der Waals surface area contributed by atoms with E-state index in [0.29, 0.717) is 19.6 Å². The van der Waals surface area contributed by atoms with E-state index in [-0.39, 0.29) is 6.04 Å². The molecule has 1 aromatic carbocycles. The minimum absolute atomic E-state index is 0.0493. The summed E-state index contributed by atoms with van der Waals surface area (Å²) in [5.74, 6) is 0. The number of halogens is 3. The number of ether oxygens (including phenoxy) is 1. The molecule has 1 aromatic rings. The highest BCUT2D eigenvalue weighted by molar-refractivity contribution is 5.66. The minimum atomic E-state index is -4.32. The number of hydrogen-bond donors (Lipinski definition) is 1. The first-order valence-electron chi connectivity index (χ1n) is 8.44. The van der Waals surface area contributed by atoms with Crippen LogP contribution in [0.1, 0.15) is 51.3 Å². The topological polar surface area (TPSA) is 41.6 Å². The number of carbonyl (C=O) groups is 1. The van der Waals surface area contributed by atoms with Crippen molar-refractivity contribution in [2.75, 3.05) is 26.7 Å². The van der Waals surface area contributed by atoms with Gasteiger partial charge in [0.1, 0.15) is 0 Å². The monoisotopic (exact) mass is 362 g/mol. The third-order valence-corrected chi connectivity index (χ3v) is 3.53. The number of nitrogens with one attached hydrogen (secondary N) is 1. The van der Waals surface area contributed by atoms with Gasteiger partial charge in [-0.2, -0.15) is 13.2 Å². The Morgan fingerprint density at radius 2 is 1.72 bits per heavy atom. The number of alkyl halides is 3. The smallest absolute Gasteiger partial charge is 0.416 e. The summed E-state index contributed by atoms with van der Waals surface area (Å²) in [4.78, 5) is 13.0. The Hall–Kier alpha value is -1.76. The van der Waals surface area contributed by atoms with E-state index < -0.39 is 17.8 Å². The molecule has 0 bridgehead atoms. The van der Waals surface area contributed by atoms with E-state index in [0.717, 1.165) is 17.7 Å². The molecule has 0 aliphatic rings. The molecule has 0 radical (unpaired) electrons. The summed E-state index contributed by atoms with van der Waals surface area (Å²) < 4.78 is 42.2. The molecule has 0 aliphatic heterocycles. The summed E-state index contributed by atoms with van der Waals surface area (Å²) in [5, 5.41) is 2.58. The van der Waals surface area contributed by atoms with E-state index in [1.807, 2.05) is 13.8 Å². The van der Waals surface area contributed by atoms with Crippen LogP contribution in [0.5, 0.6) is 0 Å². The first kappa shape index (κ1) is 23.2. The Balaban J connectivity index is 0.00000178. The molecule has 0 saturated carbocycles. The lowest BCUT2D eigenvalue weighted by Gasteiger charge is -2.28. The zero-order chi connectivity index (χ0) is 19.5. The average Bonchev–Trinajstić information content (AvgIpc) is 2.58. The third-order valence-electron chi connectivity index (χ3n) is 3.53. The number of likely N-dealkylation sites (N-methyl/N-ethyl adjacent to an activating group) is 1. The number of methoxy groups -OCH3 is 1. The van der Waals surface area contributed by atoms with Crippen LogP contribution in [0, 0.1) is 0 Å². The molecule has 0 fully saturated rings. The average molecular weight is 362 g/mol. The fraction of sp³-hybridized carbons (Fsp3) is 0.611. The van der Waals surface area contributed by atoms with Gasteiger partial charge in [-0.25, -0.2) is 4.79 Å². The number of carbonyl (C=O) groups excluding carboxylic acids is 1. The second-order valence-corrected chi connectivity index (χ2v) is 5.55.